The summed E-state index contributed by atoms with van der Waals surface area (Å²) in [5.74, 6) is 1.43. The van der Waals surface area contributed by atoms with Crippen molar-refractivity contribution >= 4 is 21.7 Å². The number of nitrogens with one attached hydrogen (secondary N) is 1. The molecule has 3 aromatic rings. The Bertz CT molecular complexity index is 723. The highest BCUT2D eigenvalue weighted by atomic mass is 79.9. The SMILES string of the molecule is CNc1ncnc(-n2cc(-c3ccccc3)cn2)c1Br. The highest BCUT2D eigenvalue weighted by molar-refractivity contribution is 9.10. The summed E-state index contributed by atoms with van der Waals surface area (Å²) in [5.41, 5.74) is 2.17. The van der Waals surface area contributed by atoms with E-state index in [1.54, 1.807) is 4.68 Å². The Morgan fingerprint density at radius 1 is 1.10 bits per heavy atom. The number of nitrogens with zero attached hydrogens (tertiary/aromatic N) is 4. The molecule has 6 heteroatoms. The maximum absolute atomic E-state index is 4.37. The fourth-order valence-corrected chi connectivity index (χ4v) is 2.50. The van der Waals surface area contributed by atoms with E-state index in [2.05, 4.69) is 48.4 Å². The summed E-state index contributed by atoms with van der Waals surface area (Å²) in [6.07, 6.45) is 5.28. The van der Waals surface area contributed by atoms with Gasteiger partial charge in [-0.2, -0.15) is 5.10 Å². The molecule has 100 valence electrons. The summed E-state index contributed by atoms with van der Waals surface area (Å²) >= 11 is 3.50. The molecule has 0 spiro atoms. The van der Waals surface area contributed by atoms with Crippen molar-refractivity contribution in [2.45, 2.75) is 0 Å². The fourth-order valence-electron chi connectivity index (χ4n) is 1.91. The third-order valence-corrected chi connectivity index (χ3v) is 3.64. The molecule has 20 heavy (non-hydrogen) atoms. The molecule has 1 N–H and O–H groups in total. The van der Waals surface area contributed by atoms with Crippen molar-refractivity contribution in [2.75, 3.05) is 12.4 Å². The average Bonchev–Trinajstić information content (AvgIpc) is 2.98. The molecule has 0 aliphatic rings. The van der Waals surface area contributed by atoms with Crippen LogP contribution in [0, 0.1) is 0 Å². The van der Waals surface area contributed by atoms with Crippen LogP contribution in [-0.2, 0) is 0 Å². The summed E-state index contributed by atoms with van der Waals surface area (Å²) in [6, 6.07) is 10.1. The van der Waals surface area contributed by atoms with Gasteiger partial charge in [0.1, 0.15) is 16.6 Å². The van der Waals surface area contributed by atoms with Gasteiger partial charge in [0.2, 0.25) is 0 Å². The van der Waals surface area contributed by atoms with Crippen LogP contribution < -0.4 is 5.32 Å². The van der Waals surface area contributed by atoms with Gasteiger partial charge in [0.05, 0.1) is 6.20 Å². The maximum Gasteiger partial charge on any atom is 0.173 e. The zero-order valence-corrected chi connectivity index (χ0v) is 12.4. The molecule has 0 fully saturated rings. The molecule has 2 aromatic heterocycles. The van der Waals surface area contributed by atoms with Crippen molar-refractivity contribution in [3.63, 3.8) is 0 Å². The van der Waals surface area contributed by atoms with Crippen LogP contribution in [0.4, 0.5) is 5.82 Å². The van der Waals surface area contributed by atoms with Gasteiger partial charge in [0, 0.05) is 18.8 Å². The molecule has 0 aliphatic heterocycles. The summed E-state index contributed by atoms with van der Waals surface area (Å²) in [7, 11) is 1.81. The Balaban J connectivity index is 2.03. The van der Waals surface area contributed by atoms with Crippen LogP contribution in [-0.4, -0.2) is 26.8 Å². The Labute approximate surface area is 124 Å². The molecule has 0 bridgehead atoms. The first kappa shape index (κ1) is 12.8. The molecule has 2 heterocycles. The molecule has 0 amide bonds. The summed E-state index contributed by atoms with van der Waals surface area (Å²) in [6.45, 7) is 0. The lowest BCUT2D eigenvalue weighted by Crippen LogP contribution is -2.03. The highest BCUT2D eigenvalue weighted by Gasteiger charge is 2.11. The number of aromatic nitrogens is 4. The van der Waals surface area contributed by atoms with Crippen LogP contribution in [0.25, 0.3) is 16.9 Å². The largest absolute Gasteiger partial charge is 0.372 e. The van der Waals surface area contributed by atoms with Crippen molar-refractivity contribution in [3.8, 4) is 16.9 Å². The van der Waals surface area contributed by atoms with Crippen LogP contribution in [0.1, 0.15) is 0 Å². The molecule has 0 atom stereocenters. The molecular weight excluding hydrogens is 318 g/mol. The lowest BCUT2D eigenvalue weighted by atomic mass is 10.1. The molecule has 0 unspecified atom stereocenters. The number of halogens is 1. The molecule has 0 aliphatic carbocycles. The van der Waals surface area contributed by atoms with Gasteiger partial charge in [0.15, 0.2) is 5.82 Å². The third-order valence-electron chi connectivity index (χ3n) is 2.91. The predicted molar refractivity (Wildman–Crippen MR) is 81.8 cm³/mol. The Morgan fingerprint density at radius 3 is 2.65 bits per heavy atom. The van der Waals surface area contributed by atoms with Crippen LogP contribution in [0.5, 0.6) is 0 Å². The second kappa shape index (κ2) is 5.42. The molecular formula is C14H12BrN5. The smallest absolute Gasteiger partial charge is 0.173 e. The minimum Gasteiger partial charge on any atom is -0.372 e. The van der Waals surface area contributed by atoms with E-state index in [1.165, 1.54) is 6.33 Å². The zero-order valence-electron chi connectivity index (χ0n) is 10.8. The van der Waals surface area contributed by atoms with E-state index in [1.807, 2.05) is 37.6 Å². The van der Waals surface area contributed by atoms with E-state index in [0.717, 1.165) is 21.4 Å². The minimum atomic E-state index is 0.700. The number of hydrogen-bond acceptors (Lipinski definition) is 4. The van der Waals surface area contributed by atoms with Gasteiger partial charge in [0.25, 0.3) is 0 Å². The second-order valence-electron chi connectivity index (χ2n) is 4.15. The molecule has 0 saturated heterocycles. The lowest BCUT2D eigenvalue weighted by molar-refractivity contribution is 0.834. The van der Waals surface area contributed by atoms with Crippen molar-refractivity contribution < 1.29 is 0 Å². The Morgan fingerprint density at radius 2 is 1.90 bits per heavy atom. The quantitative estimate of drug-likeness (QED) is 0.802. The number of benzene rings is 1. The molecule has 0 saturated carbocycles. The molecule has 5 nitrogen and oxygen atoms in total. The van der Waals surface area contributed by atoms with Gasteiger partial charge in [-0.1, -0.05) is 30.3 Å². The van der Waals surface area contributed by atoms with Crippen molar-refractivity contribution in [3.05, 3.63) is 53.5 Å². The van der Waals surface area contributed by atoms with Gasteiger partial charge >= 0.3 is 0 Å². The van der Waals surface area contributed by atoms with E-state index < -0.39 is 0 Å². The number of rotatable bonds is 3. The summed E-state index contributed by atoms with van der Waals surface area (Å²) in [4.78, 5) is 8.40. The standard InChI is InChI=1S/C14H12BrN5/c1-16-13-12(15)14(18-9-17-13)20-8-11(7-19-20)10-5-3-2-4-6-10/h2-9H,1H3,(H,16,17,18). The number of anilines is 1. The van der Waals surface area contributed by atoms with Crippen LogP contribution >= 0.6 is 15.9 Å². The van der Waals surface area contributed by atoms with E-state index in [0.29, 0.717) is 5.82 Å². The first-order valence-electron chi connectivity index (χ1n) is 6.08. The molecule has 0 radical (unpaired) electrons. The number of hydrogen-bond donors (Lipinski definition) is 1. The van der Waals surface area contributed by atoms with Crippen molar-refractivity contribution in [1.82, 2.24) is 19.7 Å². The first-order valence-corrected chi connectivity index (χ1v) is 6.87. The van der Waals surface area contributed by atoms with Gasteiger partial charge in [-0.3, -0.25) is 0 Å². The molecule has 3 rings (SSSR count). The van der Waals surface area contributed by atoms with Gasteiger partial charge in [-0.05, 0) is 21.5 Å². The Hall–Kier alpha value is -2.21. The maximum atomic E-state index is 4.37. The van der Waals surface area contributed by atoms with E-state index in [9.17, 15) is 0 Å². The van der Waals surface area contributed by atoms with E-state index in [-0.39, 0.29) is 0 Å². The summed E-state index contributed by atoms with van der Waals surface area (Å²) in [5, 5.41) is 7.37. The van der Waals surface area contributed by atoms with Crippen LogP contribution in [0.15, 0.2) is 53.5 Å². The van der Waals surface area contributed by atoms with Gasteiger partial charge in [-0.15, -0.1) is 0 Å². The zero-order chi connectivity index (χ0) is 13.9. The lowest BCUT2D eigenvalue weighted by Gasteiger charge is -2.06. The fraction of sp³-hybridized carbons (Fsp3) is 0.0714. The van der Waals surface area contributed by atoms with Crippen LogP contribution in [0.2, 0.25) is 0 Å². The monoisotopic (exact) mass is 329 g/mol. The van der Waals surface area contributed by atoms with E-state index >= 15 is 0 Å². The highest BCUT2D eigenvalue weighted by Crippen LogP contribution is 2.26. The van der Waals surface area contributed by atoms with E-state index in [4.69, 9.17) is 0 Å². The average molecular weight is 330 g/mol. The van der Waals surface area contributed by atoms with Crippen LogP contribution in [0.3, 0.4) is 0 Å². The van der Waals surface area contributed by atoms with Crippen molar-refractivity contribution in [2.24, 2.45) is 0 Å². The Kier molecular flexibility index (Phi) is 3.47. The van der Waals surface area contributed by atoms with Gasteiger partial charge in [-0.25, -0.2) is 14.6 Å². The topological polar surface area (TPSA) is 55.6 Å². The van der Waals surface area contributed by atoms with Gasteiger partial charge < -0.3 is 5.32 Å². The van der Waals surface area contributed by atoms with Crippen molar-refractivity contribution in [1.29, 1.82) is 0 Å². The molecule has 1 aromatic carbocycles. The third kappa shape index (κ3) is 2.30. The predicted octanol–water partition coefficient (Wildman–Crippen LogP) is 3.13. The second-order valence-corrected chi connectivity index (χ2v) is 4.94. The first-order chi connectivity index (χ1) is 9.79. The minimum absolute atomic E-state index is 0.700. The normalized spacial score (nSPS) is 10.5. The summed E-state index contributed by atoms with van der Waals surface area (Å²) < 4.78 is 2.51.